The van der Waals surface area contributed by atoms with Crippen molar-refractivity contribution in [3.8, 4) is 11.8 Å². The summed E-state index contributed by atoms with van der Waals surface area (Å²) in [4.78, 5) is 2.35. The van der Waals surface area contributed by atoms with Crippen LogP contribution in [-0.4, -0.2) is 62.6 Å². The Hall–Kier alpha value is -1.39. The van der Waals surface area contributed by atoms with Crippen molar-refractivity contribution in [3.63, 3.8) is 0 Å². The summed E-state index contributed by atoms with van der Waals surface area (Å²) >= 11 is 0. The summed E-state index contributed by atoms with van der Waals surface area (Å²) in [5, 5.41) is 8.64. The third kappa shape index (κ3) is 3.63. The van der Waals surface area contributed by atoms with Crippen molar-refractivity contribution >= 4 is 10.0 Å². The molecule has 1 aliphatic heterocycles. The van der Waals surface area contributed by atoms with Gasteiger partial charge in [-0.05, 0) is 44.8 Å². The van der Waals surface area contributed by atoms with Gasteiger partial charge in [0.1, 0.15) is 6.61 Å². The van der Waals surface area contributed by atoms with E-state index in [4.69, 9.17) is 5.11 Å². The van der Waals surface area contributed by atoms with Gasteiger partial charge in [0.2, 0.25) is 10.0 Å². The first kappa shape index (κ1) is 16.0. The summed E-state index contributed by atoms with van der Waals surface area (Å²) < 4.78 is 26.7. The highest BCUT2D eigenvalue weighted by atomic mass is 32.2. The first-order valence-electron chi connectivity index (χ1n) is 6.81. The lowest BCUT2D eigenvalue weighted by Crippen LogP contribution is -2.34. The number of hydrogen-bond donors (Lipinski definition) is 1. The monoisotopic (exact) mass is 308 g/mol. The molecule has 1 unspecified atom stereocenters. The number of likely N-dealkylation sites (N-methyl/N-ethyl adjacent to an activating group) is 1. The molecule has 21 heavy (non-hydrogen) atoms. The van der Waals surface area contributed by atoms with Crippen LogP contribution in [0.1, 0.15) is 12.0 Å². The second-order valence-corrected chi connectivity index (χ2v) is 7.19. The molecule has 1 aliphatic rings. The number of aliphatic hydroxyl groups excluding tert-OH is 1. The van der Waals surface area contributed by atoms with Crippen molar-refractivity contribution in [2.75, 3.05) is 33.8 Å². The van der Waals surface area contributed by atoms with E-state index in [0.717, 1.165) is 6.42 Å². The highest BCUT2D eigenvalue weighted by Crippen LogP contribution is 2.22. The summed E-state index contributed by atoms with van der Waals surface area (Å²) in [5.41, 5.74) is 0.690. The second-order valence-electron chi connectivity index (χ2n) is 5.25. The Kier molecular flexibility index (Phi) is 5.01. The van der Waals surface area contributed by atoms with E-state index in [-0.39, 0.29) is 17.5 Å². The van der Waals surface area contributed by atoms with E-state index in [1.165, 1.54) is 4.31 Å². The summed E-state index contributed by atoms with van der Waals surface area (Å²) in [7, 11) is 0.502. The number of sulfonamides is 1. The predicted molar refractivity (Wildman–Crippen MR) is 81.3 cm³/mol. The molecule has 1 saturated heterocycles. The quantitative estimate of drug-likeness (QED) is 0.819. The molecule has 1 fully saturated rings. The molecule has 0 aromatic heterocycles. The lowest BCUT2D eigenvalue weighted by atomic mass is 10.2. The van der Waals surface area contributed by atoms with Crippen LogP contribution in [0.2, 0.25) is 0 Å². The number of rotatable bonds is 3. The molecule has 1 N–H and O–H groups in total. The van der Waals surface area contributed by atoms with Crippen LogP contribution in [0.5, 0.6) is 0 Å². The zero-order valence-corrected chi connectivity index (χ0v) is 13.1. The summed E-state index contributed by atoms with van der Waals surface area (Å²) in [5.74, 6) is 5.29. The van der Waals surface area contributed by atoms with Crippen molar-refractivity contribution < 1.29 is 13.5 Å². The zero-order valence-electron chi connectivity index (χ0n) is 12.3. The molecule has 0 aliphatic carbocycles. The van der Waals surface area contributed by atoms with Gasteiger partial charge < -0.3 is 10.0 Å². The molecule has 1 aromatic carbocycles. The zero-order chi connectivity index (χ0) is 15.5. The standard InChI is InChI=1S/C15H20N2O3S/c1-16(2)14-9-10-17(12-14)21(19,20)15-7-5-13(6-8-15)4-3-11-18/h5-8,14,18H,9-12H2,1-2H3. The maximum atomic E-state index is 12.6. The van der Waals surface area contributed by atoms with E-state index in [1.807, 2.05) is 14.1 Å². The summed E-state index contributed by atoms with van der Waals surface area (Å²) in [6, 6.07) is 6.73. The molecular formula is C15H20N2O3S. The Balaban J connectivity index is 2.17. The van der Waals surface area contributed by atoms with Gasteiger partial charge in [-0.3, -0.25) is 0 Å². The lowest BCUT2D eigenvalue weighted by molar-refractivity contribution is 0.302. The predicted octanol–water partition coefficient (Wildman–Crippen LogP) is 0.355. The third-order valence-corrected chi connectivity index (χ3v) is 5.54. The van der Waals surface area contributed by atoms with Gasteiger partial charge in [-0.1, -0.05) is 11.8 Å². The molecule has 1 heterocycles. The maximum Gasteiger partial charge on any atom is 0.243 e. The Morgan fingerprint density at radius 2 is 2.00 bits per heavy atom. The molecule has 6 heteroatoms. The van der Waals surface area contributed by atoms with Crippen LogP contribution in [-0.2, 0) is 10.0 Å². The van der Waals surface area contributed by atoms with E-state index < -0.39 is 10.0 Å². The molecule has 0 spiro atoms. The molecule has 0 radical (unpaired) electrons. The van der Waals surface area contributed by atoms with Gasteiger partial charge in [0.05, 0.1) is 4.90 Å². The number of benzene rings is 1. The van der Waals surface area contributed by atoms with Crippen LogP contribution < -0.4 is 0 Å². The molecule has 2 rings (SSSR count). The van der Waals surface area contributed by atoms with E-state index in [9.17, 15) is 8.42 Å². The molecule has 114 valence electrons. The fraction of sp³-hybridized carbons (Fsp3) is 0.467. The Bertz CT molecular complexity index is 642. The lowest BCUT2D eigenvalue weighted by Gasteiger charge is -2.20. The van der Waals surface area contributed by atoms with E-state index in [0.29, 0.717) is 18.7 Å². The second kappa shape index (κ2) is 6.58. The first-order valence-corrected chi connectivity index (χ1v) is 8.25. The van der Waals surface area contributed by atoms with Crippen LogP contribution >= 0.6 is 0 Å². The minimum Gasteiger partial charge on any atom is -0.384 e. The van der Waals surface area contributed by atoms with Gasteiger partial charge in [-0.2, -0.15) is 4.31 Å². The normalized spacial score (nSPS) is 19.5. The van der Waals surface area contributed by atoms with Gasteiger partial charge in [0.25, 0.3) is 0 Å². The molecule has 0 amide bonds. The van der Waals surface area contributed by atoms with Crippen LogP contribution in [0.25, 0.3) is 0 Å². The van der Waals surface area contributed by atoms with E-state index in [2.05, 4.69) is 16.7 Å². The number of aliphatic hydroxyl groups is 1. The summed E-state index contributed by atoms with van der Waals surface area (Å²) in [6.07, 6.45) is 0.853. The minimum absolute atomic E-state index is 0.209. The Morgan fingerprint density at radius 3 is 2.52 bits per heavy atom. The van der Waals surface area contributed by atoms with Gasteiger partial charge in [0, 0.05) is 24.7 Å². The van der Waals surface area contributed by atoms with Crippen molar-refractivity contribution in [2.45, 2.75) is 17.4 Å². The first-order chi connectivity index (χ1) is 9.95. The highest BCUT2D eigenvalue weighted by molar-refractivity contribution is 7.89. The molecule has 1 aromatic rings. The Labute approximate surface area is 126 Å². The molecule has 5 nitrogen and oxygen atoms in total. The van der Waals surface area contributed by atoms with Crippen molar-refractivity contribution in [3.05, 3.63) is 29.8 Å². The fourth-order valence-electron chi connectivity index (χ4n) is 2.35. The average Bonchev–Trinajstić information content (AvgIpc) is 2.96. The van der Waals surface area contributed by atoms with Gasteiger partial charge in [0.15, 0.2) is 0 Å². The van der Waals surface area contributed by atoms with Crippen molar-refractivity contribution in [2.24, 2.45) is 0 Å². The molecular weight excluding hydrogens is 288 g/mol. The Morgan fingerprint density at radius 1 is 1.33 bits per heavy atom. The maximum absolute atomic E-state index is 12.6. The number of hydrogen-bond acceptors (Lipinski definition) is 4. The van der Waals surface area contributed by atoms with Crippen LogP contribution in [0, 0.1) is 11.8 Å². The third-order valence-electron chi connectivity index (χ3n) is 3.66. The average molecular weight is 308 g/mol. The SMILES string of the molecule is CN(C)C1CCN(S(=O)(=O)c2ccc(C#CCO)cc2)C1. The smallest absolute Gasteiger partial charge is 0.243 e. The highest BCUT2D eigenvalue weighted by Gasteiger charge is 2.33. The summed E-state index contributed by atoms with van der Waals surface area (Å²) in [6.45, 7) is 0.873. The largest absolute Gasteiger partial charge is 0.384 e. The van der Waals surface area contributed by atoms with Gasteiger partial charge in [-0.15, -0.1) is 0 Å². The topological polar surface area (TPSA) is 60.9 Å². The molecule has 0 saturated carbocycles. The van der Waals surface area contributed by atoms with Gasteiger partial charge >= 0.3 is 0 Å². The van der Waals surface area contributed by atoms with Crippen LogP contribution in [0.3, 0.4) is 0 Å². The fourth-order valence-corrected chi connectivity index (χ4v) is 3.84. The molecule has 0 bridgehead atoms. The minimum atomic E-state index is -3.43. The van der Waals surface area contributed by atoms with Crippen LogP contribution in [0.4, 0.5) is 0 Å². The van der Waals surface area contributed by atoms with E-state index >= 15 is 0 Å². The van der Waals surface area contributed by atoms with E-state index in [1.54, 1.807) is 24.3 Å². The molecule has 1 atom stereocenters. The van der Waals surface area contributed by atoms with Crippen molar-refractivity contribution in [1.82, 2.24) is 9.21 Å². The number of nitrogens with zero attached hydrogens (tertiary/aromatic N) is 2. The van der Waals surface area contributed by atoms with Gasteiger partial charge in [-0.25, -0.2) is 8.42 Å². The van der Waals surface area contributed by atoms with Crippen molar-refractivity contribution in [1.29, 1.82) is 0 Å². The van der Waals surface area contributed by atoms with Crippen LogP contribution in [0.15, 0.2) is 29.2 Å².